The maximum atomic E-state index is 12.6. The van der Waals surface area contributed by atoms with Crippen LogP contribution in [0.25, 0.3) is 10.9 Å². The second-order valence-electron chi connectivity index (χ2n) is 7.13. The Morgan fingerprint density at radius 3 is 2.88 bits per heavy atom. The van der Waals surface area contributed by atoms with Crippen molar-refractivity contribution in [2.45, 2.75) is 52.4 Å². The minimum Gasteiger partial charge on any atom is -0.488 e. The van der Waals surface area contributed by atoms with Gasteiger partial charge in [0.25, 0.3) is 0 Å². The van der Waals surface area contributed by atoms with Crippen molar-refractivity contribution in [2.75, 3.05) is 6.54 Å². The molecule has 0 N–H and O–H groups in total. The summed E-state index contributed by atoms with van der Waals surface area (Å²) in [4.78, 5) is 18.8. The lowest BCUT2D eigenvalue weighted by Crippen LogP contribution is -2.40. The van der Waals surface area contributed by atoms with Crippen molar-refractivity contribution in [1.29, 1.82) is 0 Å². The quantitative estimate of drug-likeness (QED) is 0.789. The van der Waals surface area contributed by atoms with Gasteiger partial charge in [0.05, 0.1) is 18.6 Å². The smallest absolute Gasteiger partial charge is 0.410 e. The van der Waals surface area contributed by atoms with Crippen LogP contribution in [0.1, 0.15) is 39.7 Å². The Morgan fingerprint density at radius 1 is 1.38 bits per heavy atom. The summed E-state index contributed by atoms with van der Waals surface area (Å²) in [6.45, 7) is 8.63. The minimum absolute atomic E-state index is 0.0556. The average molecular weight is 328 g/mol. The Hall–Kier alpha value is -2.30. The number of benzene rings is 1. The number of rotatable bonds is 1. The third-order valence-corrected chi connectivity index (χ3v) is 4.01. The summed E-state index contributed by atoms with van der Waals surface area (Å²) in [7, 11) is 0. The van der Waals surface area contributed by atoms with E-state index in [1.165, 1.54) is 0 Å². The number of ether oxygens (including phenoxy) is 2. The van der Waals surface area contributed by atoms with Crippen molar-refractivity contribution in [3.63, 3.8) is 0 Å². The normalized spacial score (nSPS) is 17.8. The van der Waals surface area contributed by atoms with Crippen LogP contribution in [0.4, 0.5) is 4.79 Å². The number of carbonyl (C=O) groups excluding carboxylic acids is 1. The summed E-state index contributed by atoms with van der Waals surface area (Å²) < 4.78 is 11.7. The van der Waals surface area contributed by atoms with E-state index >= 15 is 0 Å². The van der Waals surface area contributed by atoms with Crippen LogP contribution in [0.3, 0.4) is 0 Å². The highest BCUT2D eigenvalue weighted by Crippen LogP contribution is 2.32. The molecule has 5 heteroatoms. The molecule has 1 aliphatic rings. The fourth-order valence-electron chi connectivity index (χ4n) is 2.85. The molecule has 0 saturated heterocycles. The van der Waals surface area contributed by atoms with E-state index in [1.54, 1.807) is 11.1 Å². The number of aromatic nitrogens is 1. The summed E-state index contributed by atoms with van der Waals surface area (Å²) in [6, 6.07) is 7.91. The van der Waals surface area contributed by atoms with Crippen LogP contribution >= 0.6 is 0 Å². The second kappa shape index (κ2) is 6.30. The molecule has 1 aromatic heterocycles. The minimum atomic E-state index is -0.522. The molecule has 1 aliphatic heterocycles. The lowest BCUT2D eigenvalue weighted by molar-refractivity contribution is 0.0177. The van der Waals surface area contributed by atoms with E-state index in [9.17, 15) is 4.79 Å². The molecule has 0 saturated carbocycles. The Morgan fingerprint density at radius 2 is 2.17 bits per heavy atom. The number of hydrogen-bond acceptors (Lipinski definition) is 4. The SMILES string of the molecule is CC[C@@H]1CN(C(=O)OC(C)(C)C)Cc2c(ccc3cccnc23)O1. The highest BCUT2D eigenvalue weighted by atomic mass is 16.6. The van der Waals surface area contributed by atoms with Gasteiger partial charge in [-0.05, 0) is 45.4 Å². The van der Waals surface area contributed by atoms with Crippen LogP contribution < -0.4 is 4.74 Å². The zero-order valence-corrected chi connectivity index (χ0v) is 14.7. The van der Waals surface area contributed by atoms with Gasteiger partial charge in [-0.3, -0.25) is 9.88 Å². The molecule has 2 heterocycles. The molecule has 0 fully saturated rings. The first kappa shape index (κ1) is 16.6. The summed E-state index contributed by atoms with van der Waals surface area (Å²) in [5, 5.41) is 1.04. The van der Waals surface area contributed by atoms with Crippen LogP contribution in [0.2, 0.25) is 0 Å². The van der Waals surface area contributed by atoms with Gasteiger partial charge in [-0.2, -0.15) is 0 Å². The molecular weight excluding hydrogens is 304 g/mol. The van der Waals surface area contributed by atoms with E-state index in [4.69, 9.17) is 9.47 Å². The molecule has 1 aromatic carbocycles. The predicted molar refractivity (Wildman–Crippen MR) is 93.1 cm³/mol. The van der Waals surface area contributed by atoms with E-state index in [1.807, 2.05) is 45.0 Å². The Balaban J connectivity index is 2.00. The molecule has 0 radical (unpaired) electrons. The van der Waals surface area contributed by atoms with E-state index in [2.05, 4.69) is 11.9 Å². The molecule has 2 aromatic rings. The van der Waals surface area contributed by atoms with Crippen molar-refractivity contribution >= 4 is 17.0 Å². The first-order valence-electron chi connectivity index (χ1n) is 8.38. The molecule has 0 bridgehead atoms. The lowest BCUT2D eigenvalue weighted by atomic mass is 10.1. The predicted octanol–water partition coefficient (Wildman–Crippen LogP) is 4.14. The molecule has 1 atom stereocenters. The van der Waals surface area contributed by atoms with Crippen molar-refractivity contribution in [3.05, 3.63) is 36.0 Å². The fraction of sp³-hybridized carbons (Fsp3) is 0.474. The van der Waals surface area contributed by atoms with Crippen molar-refractivity contribution < 1.29 is 14.3 Å². The van der Waals surface area contributed by atoms with Crippen LogP contribution in [0.15, 0.2) is 30.5 Å². The van der Waals surface area contributed by atoms with Crippen molar-refractivity contribution in [2.24, 2.45) is 0 Å². The fourth-order valence-corrected chi connectivity index (χ4v) is 2.85. The molecule has 0 unspecified atom stereocenters. The topological polar surface area (TPSA) is 51.7 Å². The van der Waals surface area contributed by atoms with Crippen LogP contribution in [-0.2, 0) is 11.3 Å². The van der Waals surface area contributed by atoms with Crippen molar-refractivity contribution in [1.82, 2.24) is 9.88 Å². The first-order chi connectivity index (χ1) is 11.4. The number of fused-ring (bicyclic) bond motifs is 3. The number of nitrogens with zero attached hydrogens (tertiary/aromatic N) is 2. The number of amides is 1. The summed E-state index contributed by atoms with van der Waals surface area (Å²) in [5.41, 5.74) is 1.29. The zero-order valence-electron chi connectivity index (χ0n) is 14.7. The van der Waals surface area contributed by atoms with Gasteiger partial charge in [0.1, 0.15) is 17.5 Å². The van der Waals surface area contributed by atoms with E-state index in [0.717, 1.165) is 28.6 Å². The second-order valence-corrected chi connectivity index (χ2v) is 7.13. The molecule has 0 spiro atoms. The van der Waals surface area contributed by atoms with E-state index in [-0.39, 0.29) is 12.2 Å². The Bertz CT molecular complexity index is 752. The van der Waals surface area contributed by atoms with Crippen LogP contribution in [0, 0.1) is 0 Å². The van der Waals surface area contributed by atoms with Gasteiger partial charge in [0, 0.05) is 17.1 Å². The third-order valence-electron chi connectivity index (χ3n) is 4.01. The van der Waals surface area contributed by atoms with Gasteiger partial charge >= 0.3 is 6.09 Å². The van der Waals surface area contributed by atoms with Gasteiger partial charge in [-0.25, -0.2) is 4.79 Å². The van der Waals surface area contributed by atoms with Crippen molar-refractivity contribution in [3.8, 4) is 5.75 Å². The first-order valence-corrected chi connectivity index (χ1v) is 8.38. The van der Waals surface area contributed by atoms with Gasteiger partial charge < -0.3 is 9.47 Å². The standard InChI is InChI=1S/C19H24N2O3/c1-5-14-11-21(18(22)24-19(2,3)4)12-15-16(23-14)9-8-13-7-6-10-20-17(13)15/h6-10,14H,5,11-12H2,1-4H3/t14-/m1/s1. The van der Waals surface area contributed by atoms with Gasteiger partial charge in [0.2, 0.25) is 0 Å². The molecule has 128 valence electrons. The van der Waals surface area contributed by atoms with E-state index < -0.39 is 5.60 Å². The van der Waals surface area contributed by atoms with Gasteiger partial charge in [-0.15, -0.1) is 0 Å². The molecular formula is C19H24N2O3. The summed E-state index contributed by atoms with van der Waals surface area (Å²) >= 11 is 0. The van der Waals surface area contributed by atoms with Gasteiger partial charge in [-0.1, -0.05) is 13.0 Å². The Kier molecular flexibility index (Phi) is 4.35. The summed E-state index contributed by atoms with van der Waals surface area (Å²) in [5.74, 6) is 0.805. The largest absolute Gasteiger partial charge is 0.488 e. The number of carbonyl (C=O) groups is 1. The highest BCUT2D eigenvalue weighted by Gasteiger charge is 2.29. The average Bonchev–Trinajstić information content (AvgIpc) is 2.72. The molecule has 0 aliphatic carbocycles. The van der Waals surface area contributed by atoms with E-state index in [0.29, 0.717) is 13.1 Å². The molecule has 5 nitrogen and oxygen atoms in total. The third kappa shape index (κ3) is 3.45. The zero-order chi connectivity index (χ0) is 17.3. The Labute approximate surface area is 142 Å². The van der Waals surface area contributed by atoms with Crippen LogP contribution in [0.5, 0.6) is 5.75 Å². The lowest BCUT2D eigenvalue weighted by Gasteiger charge is -2.27. The van der Waals surface area contributed by atoms with Gasteiger partial charge in [0.15, 0.2) is 0 Å². The summed E-state index contributed by atoms with van der Waals surface area (Å²) in [6.07, 6.45) is 2.21. The maximum absolute atomic E-state index is 12.6. The number of hydrogen-bond donors (Lipinski definition) is 0. The molecule has 24 heavy (non-hydrogen) atoms. The monoisotopic (exact) mass is 328 g/mol. The molecule has 1 amide bonds. The number of pyridine rings is 1. The molecule has 3 rings (SSSR count). The van der Waals surface area contributed by atoms with Crippen LogP contribution in [-0.4, -0.2) is 34.2 Å². The maximum Gasteiger partial charge on any atom is 0.410 e. The highest BCUT2D eigenvalue weighted by molar-refractivity contribution is 5.84.